The lowest BCUT2D eigenvalue weighted by molar-refractivity contribution is 0.595. The molecule has 0 saturated heterocycles. The Morgan fingerprint density at radius 2 is 2.11 bits per heavy atom. The first kappa shape index (κ1) is 16.0. The minimum Gasteiger partial charge on any atom is -0.384 e. The number of amidine groups is 1. The van der Waals surface area contributed by atoms with Crippen molar-refractivity contribution >= 4 is 27.5 Å². The molecular weight excluding hydrogens is 302 g/mol. The number of hydrogen-bond donors (Lipinski definition) is 2. The van der Waals surface area contributed by atoms with E-state index in [1.165, 1.54) is 18.5 Å². The van der Waals surface area contributed by atoms with Gasteiger partial charge in [0.2, 0.25) is 0 Å². The second-order valence-electron chi connectivity index (χ2n) is 4.88. The maximum absolute atomic E-state index is 7.52. The molecule has 106 valence electrons. The molecule has 0 aliphatic carbocycles. The zero-order chi connectivity index (χ0) is 14.4. The Balaban J connectivity index is 3.02. The molecule has 1 aromatic rings. The summed E-state index contributed by atoms with van der Waals surface area (Å²) in [5.74, 6) is 0.0991. The van der Waals surface area contributed by atoms with E-state index < -0.39 is 0 Å². The number of nitrogens with one attached hydrogen (secondary N) is 1. The summed E-state index contributed by atoms with van der Waals surface area (Å²) in [4.78, 5) is 2.43. The molecule has 19 heavy (non-hydrogen) atoms. The van der Waals surface area contributed by atoms with Crippen LogP contribution >= 0.6 is 15.9 Å². The minimum absolute atomic E-state index is 0.0991. The Morgan fingerprint density at radius 1 is 1.42 bits per heavy atom. The van der Waals surface area contributed by atoms with Crippen LogP contribution in [-0.4, -0.2) is 18.4 Å². The van der Waals surface area contributed by atoms with Crippen molar-refractivity contribution in [1.82, 2.24) is 0 Å². The normalized spacial score (nSPS) is 12.2. The van der Waals surface area contributed by atoms with Gasteiger partial charge in [0.15, 0.2) is 0 Å². The van der Waals surface area contributed by atoms with Gasteiger partial charge in [0.1, 0.15) is 5.84 Å². The van der Waals surface area contributed by atoms with Gasteiger partial charge in [-0.2, -0.15) is 0 Å². The lowest BCUT2D eigenvalue weighted by Gasteiger charge is -2.31. The number of rotatable bonds is 7. The van der Waals surface area contributed by atoms with Gasteiger partial charge in [-0.25, -0.2) is 0 Å². The number of benzene rings is 1. The van der Waals surface area contributed by atoms with Gasteiger partial charge in [-0.3, -0.25) is 5.41 Å². The van der Waals surface area contributed by atoms with Crippen molar-refractivity contribution in [3.05, 3.63) is 28.2 Å². The van der Waals surface area contributed by atoms with Crippen molar-refractivity contribution in [3.63, 3.8) is 0 Å². The van der Waals surface area contributed by atoms with Crippen molar-refractivity contribution in [2.75, 3.05) is 11.4 Å². The van der Waals surface area contributed by atoms with E-state index >= 15 is 0 Å². The molecule has 3 nitrogen and oxygen atoms in total. The molecule has 3 N–H and O–H groups in total. The monoisotopic (exact) mass is 325 g/mol. The molecular formula is C15H24BrN3. The molecule has 0 amide bonds. The zero-order valence-corrected chi connectivity index (χ0v) is 13.6. The second-order valence-corrected chi connectivity index (χ2v) is 5.74. The first-order chi connectivity index (χ1) is 9.01. The predicted octanol–water partition coefficient (Wildman–Crippen LogP) is 4.14. The maximum atomic E-state index is 7.52. The van der Waals surface area contributed by atoms with Crippen LogP contribution in [0.25, 0.3) is 0 Å². The van der Waals surface area contributed by atoms with Crippen LogP contribution < -0.4 is 10.6 Å². The minimum atomic E-state index is 0.0991. The largest absolute Gasteiger partial charge is 0.384 e. The van der Waals surface area contributed by atoms with E-state index in [1.807, 2.05) is 6.07 Å². The fraction of sp³-hybridized carbons (Fsp3) is 0.533. The Morgan fingerprint density at radius 3 is 2.58 bits per heavy atom. The average Bonchev–Trinajstić information content (AvgIpc) is 2.38. The van der Waals surface area contributed by atoms with E-state index in [0.717, 1.165) is 23.0 Å². The van der Waals surface area contributed by atoms with Gasteiger partial charge in [-0.15, -0.1) is 0 Å². The lowest BCUT2D eigenvalue weighted by atomic mass is 10.1. The summed E-state index contributed by atoms with van der Waals surface area (Å²) in [6.45, 7) is 7.74. The lowest BCUT2D eigenvalue weighted by Crippen LogP contribution is -2.33. The summed E-state index contributed by atoms with van der Waals surface area (Å²) in [5, 5.41) is 7.52. The molecule has 0 aliphatic heterocycles. The van der Waals surface area contributed by atoms with Crippen LogP contribution in [0.5, 0.6) is 0 Å². The van der Waals surface area contributed by atoms with Crippen LogP contribution in [0, 0.1) is 5.41 Å². The van der Waals surface area contributed by atoms with Crippen molar-refractivity contribution in [2.24, 2.45) is 5.73 Å². The summed E-state index contributed by atoms with van der Waals surface area (Å²) in [5.41, 5.74) is 7.49. The van der Waals surface area contributed by atoms with Gasteiger partial charge >= 0.3 is 0 Å². The molecule has 4 heteroatoms. The molecule has 0 heterocycles. The van der Waals surface area contributed by atoms with Gasteiger partial charge in [0.05, 0.1) is 0 Å². The fourth-order valence-corrected chi connectivity index (χ4v) is 2.63. The van der Waals surface area contributed by atoms with E-state index in [-0.39, 0.29) is 5.84 Å². The number of nitrogen functional groups attached to an aromatic ring is 1. The summed E-state index contributed by atoms with van der Waals surface area (Å²) in [6.07, 6.45) is 3.51. The van der Waals surface area contributed by atoms with Gasteiger partial charge in [0, 0.05) is 28.3 Å². The van der Waals surface area contributed by atoms with E-state index in [9.17, 15) is 0 Å². The van der Waals surface area contributed by atoms with Gasteiger partial charge in [-0.05, 0) is 53.9 Å². The van der Waals surface area contributed by atoms with Crippen LogP contribution in [0.3, 0.4) is 0 Å². The highest BCUT2D eigenvalue weighted by Crippen LogP contribution is 2.26. The molecule has 0 aliphatic rings. The number of halogens is 1. The molecule has 1 rings (SSSR count). The van der Waals surface area contributed by atoms with E-state index in [4.69, 9.17) is 11.1 Å². The third-order valence-corrected chi connectivity index (χ3v) is 4.11. The Kier molecular flexibility index (Phi) is 6.35. The van der Waals surface area contributed by atoms with Gasteiger partial charge < -0.3 is 10.6 Å². The number of nitrogens with zero attached hydrogens (tertiary/aromatic N) is 1. The smallest absolute Gasteiger partial charge is 0.123 e. The van der Waals surface area contributed by atoms with E-state index in [0.29, 0.717) is 6.04 Å². The highest BCUT2D eigenvalue weighted by atomic mass is 79.9. The topological polar surface area (TPSA) is 53.1 Å². The Labute approximate surface area is 124 Å². The Hall–Kier alpha value is -1.03. The predicted molar refractivity (Wildman–Crippen MR) is 87.2 cm³/mol. The standard InChI is InChI=1S/C15H24BrN3/c1-4-6-9-19(11(3)5-2)12-7-8-13(15(17)18)14(16)10-12/h7-8,10-11H,4-6,9H2,1-3H3,(H3,17,18). The van der Waals surface area contributed by atoms with Gasteiger partial charge in [0.25, 0.3) is 0 Å². The average molecular weight is 326 g/mol. The fourth-order valence-electron chi connectivity index (χ4n) is 2.05. The molecule has 0 radical (unpaired) electrons. The highest BCUT2D eigenvalue weighted by Gasteiger charge is 2.14. The first-order valence-corrected chi connectivity index (χ1v) is 7.71. The number of unbranched alkanes of at least 4 members (excludes halogenated alkanes) is 1. The second kappa shape index (κ2) is 7.53. The zero-order valence-electron chi connectivity index (χ0n) is 12.0. The number of hydrogen-bond acceptors (Lipinski definition) is 2. The summed E-state index contributed by atoms with van der Waals surface area (Å²) in [6, 6.07) is 6.56. The van der Waals surface area contributed by atoms with E-state index in [2.05, 4.69) is 53.7 Å². The summed E-state index contributed by atoms with van der Waals surface area (Å²) < 4.78 is 0.891. The molecule has 0 saturated carbocycles. The van der Waals surface area contributed by atoms with E-state index in [1.54, 1.807) is 0 Å². The SMILES string of the molecule is CCCCN(c1ccc(C(=N)N)c(Br)c1)C(C)CC. The third-order valence-electron chi connectivity index (χ3n) is 3.45. The van der Waals surface area contributed by atoms with Crippen molar-refractivity contribution in [1.29, 1.82) is 5.41 Å². The quantitative estimate of drug-likeness (QED) is 0.584. The molecule has 0 bridgehead atoms. The summed E-state index contributed by atoms with van der Waals surface area (Å²) in [7, 11) is 0. The van der Waals surface area contributed by atoms with Gasteiger partial charge in [-0.1, -0.05) is 20.3 Å². The summed E-state index contributed by atoms with van der Waals surface area (Å²) >= 11 is 3.51. The Bertz CT molecular complexity index is 431. The van der Waals surface area contributed by atoms with Crippen LogP contribution in [0.2, 0.25) is 0 Å². The first-order valence-electron chi connectivity index (χ1n) is 6.91. The van der Waals surface area contributed by atoms with Crippen molar-refractivity contribution in [3.8, 4) is 0 Å². The molecule has 1 atom stereocenters. The van der Waals surface area contributed by atoms with Crippen molar-refractivity contribution in [2.45, 2.75) is 46.1 Å². The van der Waals surface area contributed by atoms with Crippen LogP contribution in [0.1, 0.15) is 45.6 Å². The molecule has 1 aromatic carbocycles. The van der Waals surface area contributed by atoms with Crippen LogP contribution in [0.15, 0.2) is 22.7 Å². The maximum Gasteiger partial charge on any atom is 0.123 e. The molecule has 1 unspecified atom stereocenters. The molecule has 0 spiro atoms. The third kappa shape index (κ3) is 4.23. The van der Waals surface area contributed by atoms with Crippen molar-refractivity contribution < 1.29 is 0 Å². The molecule has 0 fully saturated rings. The highest BCUT2D eigenvalue weighted by molar-refractivity contribution is 9.10. The van der Waals surface area contributed by atoms with Crippen LogP contribution in [0.4, 0.5) is 5.69 Å². The van der Waals surface area contributed by atoms with Crippen LogP contribution in [-0.2, 0) is 0 Å². The number of anilines is 1. The number of nitrogens with two attached hydrogens (primary N) is 1. The molecule has 0 aromatic heterocycles.